The number of carboxylic acid groups (broad SMARTS) is 1. The maximum absolute atomic E-state index is 10.7. The third-order valence-corrected chi connectivity index (χ3v) is 2.22. The highest BCUT2D eigenvalue weighted by molar-refractivity contribution is 5.68. The first-order valence-electron chi connectivity index (χ1n) is 5.31. The Morgan fingerprint density at radius 3 is 2.94 bits per heavy atom. The minimum Gasteiger partial charge on any atom is -0.494 e. The molecule has 0 saturated heterocycles. The van der Waals surface area contributed by atoms with Gasteiger partial charge in [-0.3, -0.25) is 9.59 Å². The second kappa shape index (κ2) is 6.52. The lowest BCUT2D eigenvalue weighted by molar-refractivity contribution is -0.137. The minimum atomic E-state index is -0.967. The Hall–Kier alpha value is -2.04. The highest BCUT2D eigenvalue weighted by Crippen LogP contribution is 2.21. The minimum absolute atomic E-state index is 0.158. The lowest BCUT2D eigenvalue weighted by Gasteiger charge is -2.15. The maximum atomic E-state index is 10.7. The summed E-state index contributed by atoms with van der Waals surface area (Å²) in [6, 6.07) is 6.50. The summed E-state index contributed by atoms with van der Waals surface area (Å²) in [6.07, 6.45) is 0.343. The second-order valence-electron chi connectivity index (χ2n) is 3.44. The smallest absolute Gasteiger partial charge is 0.305 e. The maximum Gasteiger partial charge on any atom is 0.305 e. The molecule has 0 bridgehead atoms. The Kier molecular flexibility index (Phi) is 5.00. The fraction of sp³-hybridized carbons (Fsp3) is 0.333. The average molecular weight is 237 g/mol. The summed E-state index contributed by atoms with van der Waals surface area (Å²) < 4.78 is 5.32. The summed E-state index contributed by atoms with van der Waals surface area (Å²) >= 11 is 0. The molecule has 1 rings (SSSR count). The van der Waals surface area contributed by atoms with Crippen LogP contribution in [-0.4, -0.2) is 24.1 Å². The molecule has 0 radical (unpaired) electrons. The van der Waals surface area contributed by atoms with Crippen LogP contribution in [0.4, 0.5) is 0 Å². The summed E-state index contributed by atoms with van der Waals surface area (Å²) in [6.45, 7) is 2.40. The van der Waals surface area contributed by atoms with Crippen molar-refractivity contribution in [3.8, 4) is 5.75 Å². The second-order valence-corrected chi connectivity index (χ2v) is 3.44. The van der Waals surface area contributed by atoms with Gasteiger partial charge in [0.05, 0.1) is 19.1 Å². The average Bonchev–Trinajstić information content (AvgIpc) is 2.29. The molecule has 2 N–H and O–H groups in total. The van der Waals surface area contributed by atoms with Crippen LogP contribution in [0.2, 0.25) is 0 Å². The molecule has 0 aliphatic carbocycles. The van der Waals surface area contributed by atoms with Crippen molar-refractivity contribution in [2.45, 2.75) is 19.4 Å². The zero-order valence-corrected chi connectivity index (χ0v) is 9.55. The van der Waals surface area contributed by atoms with Crippen molar-refractivity contribution >= 4 is 12.4 Å². The first-order valence-corrected chi connectivity index (χ1v) is 5.31. The fourth-order valence-electron chi connectivity index (χ4n) is 1.52. The van der Waals surface area contributed by atoms with E-state index in [9.17, 15) is 9.59 Å². The van der Waals surface area contributed by atoms with E-state index in [-0.39, 0.29) is 6.42 Å². The number of hydrogen-bond donors (Lipinski definition) is 2. The summed E-state index contributed by atoms with van der Waals surface area (Å²) in [5.41, 5.74) is 0.713. The number of ether oxygens (including phenoxy) is 1. The number of hydrogen-bond acceptors (Lipinski definition) is 3. The van der Waals surface area contributed by atoms with Crippen molar-refractivity contribution in [3.05, 3.63) is 29.8 Å². The molecular formula is C12H15NO4. The lowest BCUT2D eigenvalue weighted by atomic mass is 10.0. The Balaban J connectivity index is 2.88. The van der Waals surface area contributed by atoms with Gasteiger partial charge >= 0.3 is 5.97 Å². The van der Waals surface area contributed by atoms with Gasteiger partial charge in [0.25, 0.3) is 0 Å². The van der Waals surface area contributed by atoms with Crippen molar-refractivity contribution < 1.29 is 19.4 Å². The van der Waals surface area contributed by atoms with E-state index >= 15 is 0 Å². The van der Waals surface area contributed by atoms with Crippen LogP contribution in [-0.2, 0) is 9.59 Å². The molecule has 0 spiro atoms. The predicted molar refractivity (Wildman–Crippen MR) is 61.8 cm³/mol. The predicted octanol–water partition coefficient (Wildman–Crippen LogP) is 1.35. The van der Waals surface area contributed by atoms with Gasteiger partial charge in [-0.05, 0) is 24.6 Å². The molecule has 0 unspecified atom stereocenters. The van der Waals surface area contributed by atoms with Crippen molar-refractivity contribution in [2.75, 3.05) is 6.61 Å². The number of benzene rings is 1. The molecule has 1 atom stereocenters. The Morgan fingerprint density at radius 1 is 1.59 bits per heavy atom. The van der Waals surface area contributed by atoms with Gasteiger partial charge in [0.2, 0.25) is 6.41 Å². The molecule has 0 fully saturated rings. The van der Waals surface area contributed by atoms with Crippen molar-refractivity contribution in [2.24, 2.45) is 0 Å². The number of amides is 1. The summed E-state index contributed by atoms with van der Waals surface area (Å²) in [5.74, 6) is -0.306. The van der Waals surface area contributed by atoms with Gasteiger partial charge in [0.15, 0.2) is 0 Å². The van der Waals surface area contributed by atoms with Gasteiger partial charge in [-0.2, -0.15) is 0 Å². The van der Waals surface area contributed by atoms with Crippen LogP contribution in [0.15, 0.2) is 24.3 Å². The van der Waals surface area contributed by atoms with Gasteiger partial charge in [0, 0.05) is 0 Å². The van der Waals surface area contributed by atoms with Crippen LogP contribution >= 0.6 is 0 Å². The molecular weight excluding hydrogens is 222 g/mol. The third kappa shape index (κ3) is 4.14. The number of carbonyl (C=O) groups excluding carboxylic acids is 1. The Bertz CT molecular complexity index is 392. The van der Waals surface area contributed by atoms with Crippen LogP contribution < -0.4 is 10.1 Å². The van der Waals surface area contributed by atoms with Gasteiger partial charge in [-0.15, -0.1) is 0 Å². The quantitative estimate of drug-likeness (QED) is 0.702. The topological polar surface area (TPSA) is 75.6 Å². The van der Waals surface area contributed by atoms with Crippen LogP contribution in [0.5, 0.6) is 5.75 Å². The number of nitrogens with one attached hydrogen (secondary N) is 1. The Labute approximate surface area is 99.4 Å². The summed E-state index contributed by atoms with van der Waals surface area (Å²) in [5, 5.41) is 11.2. The van der Waals surface area contributed by atoms with Crippen molar-refractivity contribution in [3.63, 3.8) is 0 Å². The van der Waals surface area contributed by atoms with E-state index in [0.717, 1.165) is 0 Å². The Morgan fingerprint density at radius 2 is 2.35 bits per heavy atom. The molecule has 1 aromatic rings. The zero-order chi connectivity index (χ0) is 12.7. The molecule has 0 heterocycles. The third-order valence-electron chi connectivity index (χ3n) is 2.22. The lowest BCUT2D eigenvalue weighted by Crippen LogP contribution is -2.22. The largest absolute Gasteiger partial charge is 0.494 e. The van der Waals surface area contributed by atoms with Crippen LogP contribution in [0, 0.1) is 0 Å². The number of carbonyl (C=O) groups is 2. The van der Waals surface area contributed by atoms with Gasteiger partial charge < -0.3 is 15.2 Å². The first kappa shape index (κ1) is 13.0. The standard InChI is InChI=1S/C12H15NO4/c1-2-17-10-5-3-4-9(6-10)11(13-8-14)7-12(15)16/h3-6,8,11H,2,7H2,1H3,(H,13,14)(H,15,16)/t11-/m0/s1. The van der Waals surface area contributed by atoms with Crippen LogP contribution in [0.1, 0.15) is 24.9 Å². The van der Waals surface area contributed by atoms with E-state index in [0.29, 0.717) is 24.3 Å². The fourth-order valence-corrected chi connectivity index (χ4v) is 1.52. The normalized spacial score (nSPS) is 11.6. The van der Waals surface area contributed by atoms with Crippen molar-refractivity contribution in [1.82, 2.24) is 5.32 Å². The molecule has 1 aromatic carbocycles. The van der Waals surface area contributed by atoms with Gasteiger partial charge in [0.1, 0.15) is 5.75 Å². The van der Waals surface area contributed by atoms with Crippen LogP contribution in [0.25, 0.3) is 0 Å². The molecule has 5 heteroatoms. The molecule has 0 saturated carbocycles. The summed E-state index contributed by atoms with van der Waals surface area (Å²) in [4.78, 5) is 21.1. The van der Waals surface area contributed by atoms with E-state index < -0.39 is 12.0 Å². The molecule has 1 amide bonds. The molecule has 92 valence electrons. The molecule has 5 nitrogen and oxygen atoms in total. The summed E-state index contributed by atoms with van der Waals surface area (Å²) in [7, 11) is 0. The molecule has 0 aliphatic heterocycles. The van der Waals surface area contributed by atoms with E-state index in [1.54, 1.807) is 24.3 Å². The number of aliphatic carboxylic acids is 1. The van der Waals surface area contributed by atoms with E-state index in [2.05, 4.69) is 5.32 Å². The monoisotopic (exact) mass is 237 g/mol. The molecule has 0 aliphatic rings. The van der Waals surface area contributed by atoms with Gasteiger partial charge in [-0.1, -0.05) is 12.1 Å². The van der Waals surface area contributed by atoms with Crippen LogP contribution in [0.3, 0.4) is 0 Å². The van der Waals surface area contributed by atoms with Crippen molar-refractivity contribution in [1.29, 1.82) is 0 Å². The van der Waals surface area contributed by atoms with E-state index in [1.807, 2.05) is 6.92 Å². The highest BCUT2D eigenvalue weighted by atomic mass is 16.5. The van der Waals surface area contributed by atoms with Gasteiger partial charge in [-0.25, -0.2) is 0 Å². The molecule has 0 aromatic heterocycles. The van der Waals surface area contributed by atoms with E-state index in [1.165, 1.54) is 0 Å². The zero-order valence-electron chi connectivity index (χ0n) is 9.55. The number of carboxylic acids is 1. The number of rotatable bonds is 7. The SMILES string of the molecule is CCOc1cccc([C@H](CC(=O)O)NC=O)c1. The highest BCUT2D eigenvalue weighted by Gasteiger charge is 2.15. The van der Waals surface area contributed by atoms with E-state index in [4.69, 9.17) is 9.84 Å². The first-order chi connectivity index (χ1) is 8.17. The molecule has 17 heavy (non-hydrogen) atoms.